The number of rotatable bonds is 5. The number of amides is 1. The summed E-state index contributed by atoms with van der Waals surface area (Å²) in [6.07, 6.45) is 0. The second-order valence-corrected chi connectivity index (χ2v) is 7.45. The minimum absolute atomic E-state index is 0.0508. The molecule has 6 nitrogen and oxygen atoms in total. The van der Waals surface area contributed by atoms with Crippen LogP contribution < -0.4 is 10.1 Å². The second-order valence-electron chi connectivity index (χ2n) is 5.62. The molecule has 1 N–H and O–H groups in total. The van der Waals surface area contributed by atoms with Crippen LogP contribution in [0.1, 0.15) is 24.4 Å². The molecule has 0 aliphatic carbocycles. The van der Waals surface area contributed by atoms with Crippen molar-refractivity contribution in [3.8, 4) is 5.75 Å². The van der Waals surface area contributed by atoms with Crippen LogP contribution in [0.4, 0.5) is 13.9 Å². The first kappa shape index (κ1) is 18.7. The van der Waals surface area contributed by atoms with Gasteiger partial charge in [0.25, 0.3) is 5.91 Å². The molecule has 3 aromatic rings. The summed E-state index contributed by atoms with van der Waals surface area (Å²) < 4.78 is 32.1. The highest BCUT2D eigenvalue weighted by molar-refractivity contribution is 9.10. The molecule has 0 saturated carbocycles. The van der Waals surface area contributed by atoms with Gasteiger partial charge in [-0.2, -0.15) is 13.9 Å². The molecule has 0 radical (unpaired) electrons. The lowest BCUT2D eigenvalue weighted by molar-refractivity contribution is -0.119. The van der Waals surface area contributed by atoms with E-state index in [0.717, 1.165) is 15.9 Å². The first-order valence-electron chi connectivity index (χ1n) is 7.63. The van der Waals surface area contributed by atoms with Crippen molar-refractivity contribution < 1.29 is 18.3 Å². The zero-order valence-electron chi connectivity index (χ0n) is 14.1. The fourth-order valence-corrected chi connectivity index (χ4v) is 3.63. The number of anilines is 1. The maximum Gasteiger partial charge on any atom is 0.387 e. The summed E-state index contributed by atoms with van der Waals surface area (Å²) in [6.45, 7) is 2.57. The Kier molecular flexibility index (Phi) is 5.24. The maximum atomic E-state index is 12.5. The number of ether oxygens (including phenoxy) is 1. The lowest BCUT2D eigenvalue weighted by Crippen LogP contribution is -2.25. The van der Waals surface area contributed by atoms with Crippen molar-refractivity contribution in [3.63, 3.8) is 0 Å². The molecule has 138 valence electrons. The van der Waals surface area contributed by atoms with Gasteiger partial charge in [0.2, 0.25) is 0 Å². The van der Waals surface area contributed by atoms with E-state index in [2.05, 4.69) is 36.1 Å². The largest absolute Gasteiger partial charge is 0.435 e. The molecule has 2 heterocycles. The number of carbonyl (C=O) groups excluding carboxylic acids is 1. The number of fused-ring (bicyclic) bond motifs is 1. The Hall–Kier alpha value is -2.07. The number of aryl methyl sites for hydroxylation is 1. The van der Waals surface area contributed by atoms with E-state index in [1.165, 1.54) is 23.5 Å². The number of benzene rings is 1. The van der Waals surface area contributed by atoms with Gasteiger partial charge in [-0.3, -0.25) is 9.48 Å². The van der Waals surface area contributed by atoms with Gasteiger partial charge in [-0.05, 0) is 54.9 Å². The Morgan fingerprint density at radius 2 is 2.12 bits per heavy atom. The van der Waals surface area contributed by atoms with Gasteiger partial charge in [0.1, 0.15) is 11.8 Å². The smallest absolute Gasteiger partial charge is 0.387 e. The molecule has 2 aromatic heterocycles. The van der Waals surface area contributed by atoms with E-state index in [-0.39, 0.29) is 11.7 Å². The highest BCUT2D eigenvalue weighted by Gasteiger charge is 2.21. The molecule has 0 aliphatic rings. The monoisotopic (exact) mass is 444 g/mol. The molecule has 10 heteroatoms. The Balaban J connectivity index is 1.79. The third-order valence-electron chi connectivity index (χ3n) is 3.80. The molecule has 1 amide bonds. The van der Waals surface area contributed by atoms with E-state index in [9.17, 15) is 13.6 Å². The number of alkyl halides is 2. The molecule has 1 atom stereocenters. The first-order chi connectivity index (χ1) is 12.3. The van der Waals surface area contributed by atoms with Crippen LogP contribution in [0.5, 0.6) is 5.75 Å². The quantitative estimate of drug-likeness (QED) is 0.620. The van der Waals surface area contributed by atoms with Crippen LogP contribution in [0.15, 0.2) is 22.7 Å². The van der Waals surface area contributed by atoms with Gasteiger partial charge in [0, 0.05) is 0 Å². The number of nitrogens with one attached hydrogen (secondary N) is 1. The molecule has 0 bridgehead atoms. The summed E-state index contributed by atoms with van der Waals surface area (Å²) in [7, 11) is 0. The number of thiazole rings is 1. The summed E-state index contributed by atoms with van der Waals surface area (Å²) in [4.78, 5) is 16.8. The topological polar surface area (TPSA) is 69.0 Å². The average molecular weight is 445 g/mol. The summed E-state index contributed by atoms with van der Waals surface area (Å²) >= 11 is 4.63. The molecule has 0 spiro atoms. The summed E-state index contributed by atoms with van der Waals surface area (Å²) in [5, 5.41) is 7.49. The number of hydrogen-bond acceptors (Lipinski definition) is 5. The first-order valence-corrected chi connectivity index (χ1v) is 9.24. The Morgan fingerprint density at radius 3 is 2.73 bits per heavy atom. The minimum atomic E-state index is -2.89. The van der Waals surface area contributed by atoms with Gasteiger partial charge in [-0.15, -0.1) is 0 Å². The summed E-state index contributed by atoms with van der Waals surface area (Å²) in [5.74, 6) is -0.221. The summed E-state index contributed by atoms with van der Waals surface area (Å²) in [5.41, 5.74) is 2.24. The van der Waals surface area contributed by atoms with Crippen molar-refractivity contribution >= 4 is 48.5 Å². The predicted octanol–water partition coefficient (Wildman–Crippen LogP) is 4.67. The second kappa shape index (κ2) is 7.28. The van der Waals surface area contributed by atoms with Crippen LogP contribution in [-0.4, -0.2) is 27.3 Å². The van der Waals surface area contributed by atoms with Crippen molar-refractivity contribution in [2.45, 2.75) is 33.4 Å². The van der Waals surface area contributed by atoms with Crippen molar-refractivity contribution in [2.24, 2.45) is 0 Å². The summed E-state index contributed by atoms with van der Waals surface area (Å²) in [6, 6.07) is 3.91. The van der Waals surface area contributed by atoms with Gasteiger partial charge >= 0.3 is 6.61 Å². The Morgan fingerprint density at radius 1 is 1.38 bits per heavy atom. The van der Waals surface area contributed by atoms with E-state index >= 15 is 0 Å². The van der Waals surface area contributed by atoms with Crippen LogP contribution >= 0.6 is 27.3 Å². The molecule has 0 saturated heterocycles. The molecular weight excluding hydrogens is 430 g/mol. The number of halogens is 3. The fourth-order valence-electron chi connectivity index (χ4n) is 2.48. The van der Waals surface area contributed by atoms with Crippen molar-refractivity contribution in [3.05, 3.63) is 34.1 Å². The van der Waals surface area contributed by atoms with Gasteiger partial charge < -0.3 is 10.1 Å². The third kappa shape index (κ3) is 3.70. The normalized spacial score (nSPS) is 12.6. The van der Waals surface area contributed by atoms with Crippen LogP contribution in [-0.2, 0) is 4.79 Å². The molecule has 0 fully saturated rings. The number of carbonyl (C=O) groups is 1. The Labute approximate surface area is 160 Å². The molecule has 0 aliphatic heterocycles. The van der Waals surface area contributed by atoms with Gasteiger partial charge in [-0.1, -0.05) is 11.3 Å². The standard InChI is InChI=1S/C16H15BrF2N4O2S/c1-7-13(17)8(2)23(22-7)9(3)14(24)21-16-20-11-5-4-10(25-15(18)19)6-12(11)26-16/h4-6,9,15H,1-3H3,(H,20,21,24). The average Bonchev–Trinajstić information content (AvgIpc) is 3.08. The molecule has 1 unspecified atom stereocenters. The maximum absolute atomic E-state index is 12.5. The molecular formula is C16H15BrF2N4O2S. The van der Waals surface area contributed by atoms with Crippen LogP contribution in [0.25, 0.3) is 10.2 Å². The van der Waals surface area contributed by atoms with Crippen LogP contribution in [0.3, 0.4) is 0 Å². The third-order valence-corrected chi connectivity index (χ3v) is 5.88. The number of aromatic nitrogens is 3. The van der Waals surface area contributed by atoms with Gasteiger partial charge in [0.05, 0.1) is 26.1 Å². The van der Waals surface area contributed by atoms with Crippen LogP contribution in [0, 0.1) is 13.8 Å². The lowest BCUT2D eigenvalue weighted by atomic mass is 10.3. The van der Waals surface area contributed by atoms with Gasteiger partial charge in [-0.25, -0.2) is 4.98 Å². The van der Waals surface area contributed by atoms with E-state index in [4.69, 9.17) is 0 Å². The predicted molar refractivity (Wildman–Crippen MR) is 99.0 cm³/mol. The molecule has 1 aromatic carbocycles. The highest BCUT2D eigenvalue weighted by atomic mass is 79.9. The zero-order valence-corrected chi connectivity index (χ0v) is 16.5. The molecule has 26 heavy (non-hydrogen) atoms. The van der Waals surface area contributed by atoms with E-state index in [1.54, 1.807) is 17.7 Å². The number of nitrogens with zero attached hydrogens (tertiary/aromatic N) is 3. The van der Waals surface area contributed by atoms with E-state index in [0.29, 0.717) is 15.3 Å². The molecule has 3 rings (SSSR count). The van der Waals surface area contributed by atoms with E-state index in [1.807, 2.05) is 13.8 Å². The fraction of sp³-hybridized carbons (Fsp3) is 0.312. The highest BCUT2D eigenvalue weighted by Crippen LogP contribution is 2.30. The SMILES string of the molecule is Cc1nn(C(C)C(=O)Nc2nc3ccc(OC(F)F)cc3s2)c(C)c1Br. The number of hydrogen-bond donors (Lipinski definition) is 1. The van der Waals surface area contributed by atoms with Crippen molar-refractivity contribution in [1.29, 1.82) is 0 Å². The van der Waals surface area contributed by atoms with Gasteiger partial charge in [0.15, 0.2) is 5.13 Å². The van der Waals surface area contributed by atoms with Crippen LogP contribution in [0.2, 0.25) is 0 Å². The zero-order chi connectivity index (χ0) is 19.0. The van der Waals surface area contributed by atoms with Crippen molar-refractivity contribution in [1.82, 2.24) is 14.8 Å². The Bertz CT molecular complexity index is 973. The minimum Gasteiger partial charge on any atom is -0.435 e. The van der Waals surface area contributed by atoms with E-state index < -0.39 is 12.7 Å². The van der Waals surface area contributed by atoms with Crippen molar-refractivity contribution in [2.75, 3.05) is 5.32 Å². The lowest BCUT2D eigenvalue weighted by Gasteiger charge is -2.13.